The normalized spacial score (nSPS) is 11.3. The van der Waals surface area contributed by atoms with Gasteiger partial charge in [0.2, 0.25) is 0 Å². The van der Waals surface area contributed by atoms with E-state index in [9.17, 15) is 4.79 Å². The first-order valence-electron chi connectivity index (χ1n) is 7.53. The minimum absolute atomic E-state index is 0.236. The Morgan fingerprint density at radius 2 is 1.74 bits per heavy atom. The smallest absolute Gasteiger partial charge is 0.288 e. The Bertz CT molecular complexity index is 889. The standard InChI is InChI=1S/C19H19N3O/c1-12-4-7-15(8-5-12)11-20-22-19(23)18-14(3)16-10-13(2)6-9-17(16)21-18/h4-11,21H,1-3H3,(H,22,23)/b20-11-. The molecule has 0 unspecified atom stereocenters. The van der Waals surface area contributed by atoms with Crippen molar-refractivity contribution in [1.29, 1.82) is 0 Å². The molecule has 0 spiro atoms. The van der Waals surface area contributed by atoms with Crippen LogP contribution in [0.1, 0.15) is 32.7 Å². The van der Waals surface area contributed by atoms with Crippen molar-refractivity contribution in [3.05, 3.63) is 70.4 Å². The zero-order valence-corrected chi connectivity index (χ0v) is 13.5. The van der Waals surface area contributed by atoms with Crippen molar-refractivity contribution in [3.8, 4) is 0 Å². The molecule has 2 aromatic carbocycles. The van der Waals surface area contributed by atoms with Crippen molar-refractivity contribution in [1.82, 2.24) is 10.4 Å². The number of fused-ring (bicyclic) bond motifs is 1. The highest BCUT2D eigenvalue weighted by atomic mass is 16.2. The number of carbonyl (C=O) groups excluding carboxylic acids is 1. The summed E-state index contributed by atoms with van der Waals surface area (Å²) in [7, 11) is 0. The number of aromatic nitrogens is 1. The van der Waals surface area contributed by atoms with Crippen molar-refractivity contribution in [2.24, 2.45) is 5.10 Å². The molecule has 23 heavy (non-hydrogen) atoms. The third-order valence-corrected chi connectivity index (χ3v) is 3.90. The van der Waals surface area contributed by atoms with Crippen LogP contribution in [0.3, 0.4) is 0 Å². The SMILES string of the molecule is Cc1ccc(/C=N\NC(=O)c2[nH]c3ccc(C)cc3c2C)cc1. The third kappa shape index (κ3) is 3.16. The molecule has 2 N–H and O–H groups in total. The van der Waals surface area contributed by atoms with Gasteiger partial charge in [-0.25, -0.2) is 5.43 Å². The number of H-pyrrole nitrogens is 1. The second-order valence-electron chi connectivity index (χ2n) is 5.78. The Kier molecular flexibility index (Phi) is 3.98. The number of amides is 1. The monoisotopic (exact) mass is 305 g/mol. The van der Waals surface area contributed by atoms with E-state index in [0.29, 0.717) is 5.69 Å². The Balaban J connectivity index is 1.78. The highest BCUT2D eigenvalue weighted by Gasteiger charge is 2.14. The van der Waals surface area contributed by atoms with Gasteiger partial charge >= 0.3 is 0 Å². The molecule has 0 saturated carbocycles. The number of nitrogens with zero attached hydrogens (tertiary/aromatic N) is 1. The van der Waals surface area contributed by atoms with Gasteiger partial charge in [0.15, 0.2) is 0 Å². The van der Waals surface area contributed by atoms with Crippen molar-refractivity contribution in [2.45, 2.75) is 20.8 Å². The van der Waals surface area contributed by atoms with Gasteiger partial charge in [-0.15, -0.1) is 0 Å². The fourth-order valence-electron chi connectivity index (χ4n) is 2.54. The van der Waals surface area contributed by atoms with Gasteiger partial charge in [0.1, 0.15) is 5.69 Å². The molecule has 1 heterocycles. The number of aromatic amines is 1. The number of rotatable bonds is 3. The third-order valence-electron chi connectivity index (χ3n) is 3.90. The number of hydrazone groups is 1. The topological polar surface area (TPSA) is 57.2 Å². The number of benzene rings is 2. The Morgan fingerprint density at radius 3 is 2.48 bits per heavy atom. The molecule has 3 aromatic rings. The van der Waals surface area contributed by atoms with E-state index in [-0.39, 0.29) is 5.91 Å². The first-order chi connectivity index (χ1) is 11.0. The van der Waals surface area contributed by atoms with Crippen LogP contribution in [-0.2, 0) is 0 Å². The summed E-state index contributed by atoms with van der Waals surface area (Å²) in [6.45, 7) is 6.01. The molecule has 0 radical (unpaired) electrons. The van der Waals surface area contributed by atoms with Crippen LogP contribution in [0.2, 0.25) is 0 Å². The summed E-state index contributed by atoms with van der Waals surface area (Å²) < 4.78 is 0. The zero-order valence-electron chi connectivity index (χ0n) is 13.5. The average Bonchev–Trinajstić information content (AvgIpc) is 2.86. The van der Waals surface area contributed by atoms with Gasteiger partial charge in [0, 0.05) is 10.9 Å². The second-order valence-corrected chi connectivity index (χ2v) is 5.78. The molecule has 0 bridgehead atoms. The lowest BCUT2D eigenvalue weighted by molar-refractivity contribution is 0.0950. The molecule has 0 atom stereocenters. The summed E-state index contributed by atoms with van der Waals surface area (Å²) in [4.78, 5) is 15.5. The molecule has 1 aromatic heterocycles. The van der Waals surface area contributed by atoms with E-state index in [1.807, 2.05) is 57.2 Å². The first-order valence-corrected chi connectivity index (χ1v) is 7.53. The molecule has 0 aliphatic carbocycles. The van der Waals surface area contributed by atoms with E-state index < -0.39 is 0 Å². The van der Waals surface area contributed by atoms with E-state index in [2.05, 4.69) is 21.6 Å². The summed E-state index contributed by atoms with van der Waals surface area (Å²) in [6, 6.07) is 14.0. The van der Waals surface area contributed by atoms with Crippen LogP contribution in [0.25, 0.3) is 10.9 Å². The molecule has 4 nitrogen and oxygen atoms in total. The van der Waals surface area contributed by atoms with Crippen LogP contribution >= 0.6 is 0 Å². The van der Waals surface area contributed by atoms with Crippen LogP contribution < -0.4 is 5.43 Å². The molecule has 0 saturated heterocycles. The summed E-state index contributed by atoms with van der Waals surface area (Å²) in [5, 5.41) is 5.10. The van der Waals surface area contributed by atoms with E-state index >= 15 is 0 Å². The summed E-state index contributed by atoms with van der Waals surface area (Å²) >= 11 is 0. The van der Waals surface area contributed by atoms with Gasteiger partial charge in [0.25, 0.3) is 5.91 Å². The highest BCUT2D eigenvalue weighted by Crippen LogP contribution is 2.22. The van der Waals surface area contributed by atoms with Crippen molar-refractivity contribution >= 4 is 23.0 Å². The lowest BCUT2D eigenvalue weighted by atomic mass is 10.1. The van der Waals surface area contributed by atoms with Crippen LogP contribution in [0.4, 0.5) is 0 Å². The van der Waals surface area contributed by atoms with E-state index in [4.69, 9.17) is 0 Å². The van der Waals surface area contributed by atoms with Gasteiger partial charge in [0.05, 0.1) is 6.21 Å². The van der Waals surface area contributed by atoms with Gasteiger partial charge < -0.3 is 4.98 Å². The number of carbonyl (C=O) groups is 1. The van der Waals surface area contributed by atoms with Gasteiger partial charge in [-0.3, -0.25) is 4.79 Å². The minimum atomic E-state index is -0.236. The average molecular weight is 305 g/mol. The minimum Gasteiger partial charge on any atom is -0.350 e. The van der Waals surface area contributed by atoms with E-state index in [0.717, 1.165) is 22.0 Å². The van der Waals surface area contributed by atoms with Gasteiger partial charge in [-0.2, -0.15) is 5.10 Å². The van der Waals surface area contributed by atoms with Crippen molar-refractivity contribution in [3.63, 3.8) is 0 Å². The lowest BCUT2D eigenvalue weighted by Gasteiger charge is -1.99. The summed E-state index contributed by atoms with van der Waals surface area (Å²) in [5.74, 6) is -0.236. The highest BCUT2D eigenvalue weighted by molar-refractivity contribution is 6.01. The Morgan fingerprint density at radius 1 is 1.04 bits per heavy atom. The quantitative estimate of drug-likeness (QED) is 0.560. The summed E-state index contributed by atoms with van der Waals surface area (Å²) in [6.07, 6.45) is 1.64. The fraction of sp³-hybridized carbons (Fsp3) is 0.158. The van der Waals surface area contributed by atoms with Crippen molar-refractivity contribution < 1.29 is 4.79 Å². The maximum atomic E-state index is 12.3. The predicted molar refractivity (Wildman–Crippen MR) is 94.0 cm³/mol. The van der Waals surface area contributed by atoms with E-state index in [1.165, 1.54) is 11.1 Å². The fourth-order valence-corrected chi connectivity index (χ4v) is 2.54. The molecule has 4 heteroatoms. The second kappa shape index (κ2) is 6.08. The molecule has 116 valence electrons. The first kappa shape index (κ1) is 15.0. The molecule has 0 aliphatic rings. The number of aryl methyl sites for hydroxylation is 3. The lowest BCUT2D eigenvalue weighted by Crippen LogP contribution is -2.18. The maximum absolute atomic E-state index is 12.3. The largest absolute Gasteiger partial charge is 0.350 e. The Hall–Kier alpha value is -2.88. The molecule has 0 fully saturated rings. The number of nitrogens with one attached hydrogen (secondary N) is 2. The molecule has 3 rings (SSSR count). The van der Waals surface area contributed by atoms with Crippen LogP contribution in [-0.4, -0.2) is 17.1 Å². The molecule has 0 aliphatic heterocycles. The molecule has 1 amide bonds. The van der Waals surface area contributed by atoms with Crippen LogP contribution in [0.15, 0.2) is 47.6 Å². The maximum Gasteiger partial charge on any atom is 0.288 e. The number of hydrogen-bond acceptors (Lipinski definition) is 2. The van der Waals surface area contributed by atoms with Crippen molar-refractivity contribution in [2.75, 3.05) is 0 Å². The molecular weight excluding hydrogens is 286 g/mol. The Labute approximate surface area is 135 Å². The van der Waals surface area contributed by atoms with Crippen LogP contribution in [0.5, 0.6) is 0 Å². The van der Waals surface area contributed by atoms with Gasteiger partial charge in [-0.1, -0.05) is 41.5 Å². The van der Waals surface area contributed by atoms with Crippen LogP contribution in [0, 0.1) is 20.8 Å². The van der Waals surface area contributed by atoms with Gasteiger partial charge in [-0.05, 0) is 44.0 Å². The molecular formula is C19H19N3O. The summed E-state index contributed by atoms with van der Waals surface area (Å²) in [5.41, 5.74) is 8.33. The number of hydrogen-bond donors (Lipinski definition) is 2. The van der Waals surface area contributed by atoms with E-state index in [1.54, 1.807) is 6.21 Å². The zero-order chi connectivity index (χ0) is 16.4. The predicted octanol–water partition coefficient (Wildman–Crippen LogP) is 3.86.